The van der Waals surface area contributed by atoms with E-state index in [-0.39, 0.29) is 23.6 Å². The fourth-order valence-corrected chi connectivity index (χ4v) is 2.06. The molecule has 1 saturated carbocycles. The highest BCUT2D eigenvalue weighted by molar-refractivity contribution is 6.42. The van der Waals surface area contributed by atoms with Crippen LogP contribution in [0.5, 0.6) is 0 Å². The Balaban J connectivity index is 2.12. The predicted octanol–water partition coefficient (Wildman–Crippen LogP) is 2.99. The second-order valence-corrected chi connectivity index (χ2v) is 4.78. The first-order chi connectivity index (χ1) is 8.04. The Morgan fingerprint density at radius 3 is 2.53 bits per heavy atom. The molecule has 1 aliphatic rings. The molecule has 0 aromatic heterocycles. The lowest BCUT2D eigenvalue weighted by molar-refractivity contribution is -0.142. The van der Waals surface area contributed by atoms with Crippen LogP contribution in [0.15, 0.2) is 18.2 Å². The normalized spacial score (nSPS) is 22.1. The highest BCUT2D eigenvalue weighted by atomic mass is 35.5. The van der Waals surface area contributed by atoms with Crippen LogP contribution in [-0.2, 0) is 9.53 Å². The van der Waals surface area contributed by atoms with Gasteiger partial charge in [0, 0.05) is 11.5 Å². The van der Waals surface area contributed by atoms with Crippen molar-refractivity contribution in [2.75, 3.05) is 7.11 Å². The van der Waals surface area contributed by atoms with E-state index in [1.165, 1.54) is 13.2 Å². The van der Waals surface area contributed by atoms with E-state index in [9.17, 15) is 9.59 Å². The van der Waals surface area contributed by atoms with Crippen molar-refractivity contribution in [2.45, 2.75) is 6.42 Å². The highest BCUT2D eigenvalue weighted by Gasteiger charge is 2.48. The van der Waals surface area contributed by atoms with Crippen LogP contribution in [0.1, 0.15) is 16.8 Å². The number of carbonyl (C=O) groups is 2. The van der Waals surface area contributed by atoms with Gasteiger partial charge in [0.05, 0.1) is 23.1 Å². The van der Waals surface area contributed by atoms with Crippen LogP contribution < -0.4 is 0 Å². The molecule has 17 heavy (non-hydrogen) atoms. The second kappa shape index (κ2) is 4.67. The van der Waals surface area contributed by atoms with Gasteiger partial charge in [-0.2, -0.15) is 0 Å². The minimum atomic E-state index is -0.330. The molecule has 1 aromatic rings. The van der Waals surface area contributed by atoms with Crippen LogP contribution in [0.2, 0.25) is 10.0 Å². The Morgan fingerprint density at radius 2 is 1.94 bits per heavy atom. The third kappa shape index (κ3) is 2.45. The van der Waals surface area contributed by atoms with E-state index < -0.39 is 0 Å². The van der Waals surface area contributed by atoms with E-state index in [1.54, 1.807) is 12.1 Å². The lowest BCUT2D eigenvalue weighted by Gasteiger charge is -2.02. The zero-order chi connectivity index (χ0) is 12.6. The van der Waals surface area contributed by atoms with E-state index in [0.29, 0.717) is 22.0 Å². The summed E-state index contributed by atoms with van der Waals surface area (Å²) in [4.78, 5) is 23.2. The molecule has 1 aliphatic carbocycles. The number of esters is 1. The van der Waals surface area contributed by atoms with Crippen LogP contribution in [-0.4, -0.2) is 18.9 Å². The average molecular weight is 273 g/mol. The quantitative estimate of drug-likeness (QED) is 0.628. The first-order valence-electron chi connectivity index (χ1n) is 5.11. The van der Waals surface area contributed by atoms with Gasteiger partial charge in [0.25, 0.3) is 0 Å². The fourth-order valence-electron chi connectivity index (χ4n) is 1.76. The Hall–Kier alpha value is -1.06. The monoisotopic (exact) mass is 272 g/mol. The molecule has 0 amide bonds. The summed E-state index contributed by atoms with van der Waals surface area (Å²) >= 11 is 11.6. The smallest absolute Gasteiger partial charge is 0.309 e. The number of ketones is 1. The predicted molar refractivity (Wildman–Crippen MR) is 64.4 cm³/mol. The first kappa shape index (κ1) is 12.4. The van der Waals surface area contributed by atoms with Crippen molar-refractivity contribution < 1.29 is 14.3 Å². The lowest BCUT2D eigenvalue weighted by atomic mass is 10.1. The summed E-state index contributed by atoms with van der Waals surface area (Å²) in [5, 5.41) is 0.747. The molecule has 1 aromatic carbocycles. The molecule has 3 nitrogen and oxygen atoms in total. The van der Waals surface area contributed by atoms with Gasteiger partial charge in [-0.1, -0.05) is 23.2 Å². The van der Waals surface area contributed by atoms with Gasteiger partial charge in [0.2, 0.25) is 0 Å². The van der Waals surface area contributed by atoms with Crippen LogP contribution in [0.3, 0.4) is 0 Å². The molecule has 2 rings (SSSR count). The summed E-state index contributed by atoms with van der Waals surface area (Å²) < 4.78 is 4.59. The van der Waals surface area contributed by atoms with Crippen molar-refractivity contribution in [1.29, 1.82) is 0 Å². The summed E-state index contributed by atoms with van der Waals surface area (Å²) in [6.45, 7) is 0. The Bertz CT molecular complexity index is 485. The zero-order valence-electron chi connectivity index (χ0n) is 9.07. The fraction of sp³-hybridized carbons (Fsp3) is 0.333. The molecule has 0 saturated heterocycles. The number of rotatable bonds is 3. The van der Waals surface area contributed by atoms with Gasteiger partial charge in [-0.15, -0.1) is 0 Å². The van der Waals surface area contributed by atoms with E-state index in [4.69, 9.17) is 23.2 Å². The third-order valence-electron chi connectivity index (χ3n) is 2.84. The number of hydrogen-bond acceptors (Lipinski definition) is 3. The molecule has 0 spiro atoms. The van der Waals surface area contributed by atoms with Crippen LogP contribution >= 0.6 is 23.2 Å². The zero-order valence-corrected chi connectivity index (χ0v) is 10.6. The molecule has 1 fully saturated rings. The van der Waals surface area contributed by atoms with Crippen molar-refractivity contribution in [2.24, 2.45) is 11.8 Å². The summed E-state index contributed by atoms with van der Waals surface area (Å²) in [7, 11) is 1.32. The Morgan fingerprint density at radius 1 is 1.24 bits per heavy atom. The number of benzene rings is 1. The van der Waals surface area contributed by atoms with Gasteiger partial charge in [0.15, 0.2) is 5.78 Å². The number of ether oxygens (including phenoxy) is 1. The van der Waals surface area contributed by atoms with Gasteiger partial charge in [-0.05, 0) is 24.6 Å². The molecule has 0 aliphatic heterocycles. The van der Waals surface area contributed by atoms with E-state index >= 15 is 0 Å². The molecule has 0 unspecified atom stereocenters. The lowest BCUT2D eigenvalue weighted by Crippen LogP contribution is -2.10. The highest BCUT2D eigenvalue weighted by Crippen LogP contribution is 2.42. The molecule has 0 N–H and O–H groups in total. The van der Waals surface area contributed by atoms with Crippen molar-refractivity contribution in [3.05, 3.63) is 33.8 Å². The summed E-state index contributed by atoms with van der Waals surface area (Å²) in [5.74, 6) is -0.996. The van der Waals surface area contributed by atoms with Crippen LogP contribution in [0, 0.1) is 11.8 Å². The van der Waals surface area contributed by atoms with E-state index in [0.717, 1.165) is 0 Å². The number of Topliss-reactive ketones (excluding diaryl/α,β-unsaturated/α-hetero) is 1. The maximum Gasteiger partial charge on any atom is 0.309 e. The minimum absolute atomic E-state index is 0.0843. The van der Waals surface area contributed by atoms with Crippen LogP contribution in [0.25, 0.3) is 0 Å². The van der Waals surface area contributed by atoms with Crippen molar-refractivity contribution in [1.82, 2.24) is 0 Å². The molecule has 2 atom stereocenters. The largest absolute Gasteiger partial charge is 0.469 e. The molecule has 0 heterocycles. The van der Waals surface area contributed by atoms with Gasteiger partial charge >= 0.3 is 5.97 Å². The Labute approximate surface area is 109 Å². The maximum atomic E-state index is 12.0. The summed E-state index contributed by atoms with van der Waals surface area (Å²) in [6, 6.07) is 4.72. The number of halogens is 2. The molecule has 0 radical (unpaired) electrons. The van der Waals surface area contributed by atoms with Crippen molar-refractivity contribution in [3.8, 4) is 0 Å². The average Bonchev–Trinajstić information content (AvgIpc) is 3.11. The molecule has 90 valence electrons. The van der Waals surface area contributed by atoms with Crippen molar-refractivity contribution >= 4 is 35.0 Å². The van der Waals surface area contributed by atoms with Gasteiger partial charge < -0.3 is 4.74 Å². The first-order valence-corrected chi connectivity index (χ1v) is 5.87. The van der Waals surface area contributed by atoms with Gasteiger partial charge in [-0.3, -0.25) is 9.59 Å². The molecular formula is C12H10Cl2O3. The molecular weight excluding hydrogens is 263 g/mol. The second-order valence-electron chi connectivity index (χ2n) is 3.96. The number of carbonyl (C=O) groups excluding carboxylic acids is 2. The minimum Gasteiger partial charge on any atom is -0.469 e. The topological polar surface area (TPSA) is 43.4 Å². The standard InChI is InChI=1S/C12H10Cl2O3/c1-17-12(16)8-5-7(8)11(15)6-2-3-9(13)10(14)4-6/h2-4,7-8H,5H2,1H3/t7-,8-/m0/s1. The molecule has 5 heteroatoms. The van der Waals surface area contributed by atoms with E-state index in [2.05, 4.69) is 4.74 Å². The maximum absolute atomic E-state index is 12.0. The third-order valence-corrected chi connectivity index (χ3v) is 3.57. The SMILES string of the molecule is COC(=O)[C@H]1C[C@@H]1C(=O)c1ccc(Cl)c(Cl)c1. The Kier molecular flexibility index (Phi) is 3.40. The van der Waals surface area contributed by atoms with Crippen LogP contribution in [0.4, 0.5) is 0 Å². The number of methoxy groups -OCH3 is 1. The molecule has 0 bridgehead atoms. The summed E-state index contributed by atoms with van der Waals surface area (Å²) in [6.07, 6.45) is 0.547. The van der Waals surface area contributed by atoms with E-state index in [1.807, 2.05) is 0 Å². The summed E-state index contributed by atoms with van der Waals surface area (Å²) in [5.41, 5.74) is 0.482. The van der Waals surface area contributed by atoms with Gasteiger partial charge in [0.1, 0.15) is 0 Å². The van der Waals surface area contributed by atoms with Crippen molar-refractivity contribution in [3.63, 3.8) is 0 Å². The van der Waals surface area contributed by atoms with Gasteiger partial charge in [-0.25, -0.2) is 0 Å². The number of hydrogen-bond donors (Lipinski definition) is 0.